The van der Waals surface area contributed by atoms with E-state index in [9.17, 15) is 27.2 Å². The lowest BCUT2D eigenvalue weighted by Crippen LogP contribution is -2.53. The summed E-state index contributed by atoms with van der Waals surface area (Å²) in [5.74, 6) is -5.33. The number of carbonyl (C=O) groups excluding carboxylic acids is 2. The number of amides is 1. The lowest BCUT2D eigenvalue weighted by atomic mass is 9.90. The Kier molecular flexibility index (Phi) is 9.95. The molecule has 3 aromatic rings. The average Bonchev–Trinajstić information content (AvgIpc) is 3.00. The summed E-state index contributed by atoms with van der Waals surface area (Å²) in [6.45, 7) is -0.765. The van der Waals surface area contributed by atoms with E-state index in [1.807, 2.05) is 0 Å². The van der Waals surface area contributed by atoms with Crippen LogP contribution in [0.1, 0.15) is 27.9 Å². The van der Waals surface area contributed by atoms with Gasteiger partial charge in [0.1, 0.15) is 40.8 Å². The summed E-state index contributed by atoms with van der Waals surface area (Å²) in [5, 5.41) is 2.39. The highest BCUT2D eigenvalue weighted by Crippen LogP contribution is 2.44. The van der Waals surface area contributed by atoms with E-state index in [-0.39, 0.29) is 29.6 Å². The molecule has 2 aliphatic rings. The molecule has 5 rings (SSSR count). The normalized spacial score (nSPS) is 17.2. The van der Waals surface area contributed by atoms with Crippen LogP contribution in [0.2, 0.25) is 10.0 Å². The van der Waals surface area contributed by atoms with E-state index in [4.69, 9.17) is 37.4 Å². The number of morpholine rings is 1. The zero-order chi connectivity index (χ0) is 33.3. The first-order chi connectivity index (χ1) is 21.8. The van der Waals surface area contributed by atoms with Gasteiger partial charge in [0.15, 0.2) is 0 Å². The van der Waals surface area contributed by atoms with Crippen molar-refractivity contribution in [2.45, 2.75) is 37.5 Å². The van der Waals surface area contributed by atoms with Crippen molar-refractivity contribution in [1.29, 1.82) is 0 Å². The van der Waals surface area contributed by atoms with Crippen molar-refractivity contribution in [3.8, 4) is 16.9 Å². The maximum Gasteiger partial charge on any atom is 0.411 e. The van der Waals surface area contributed by atoms with Crippen LogP contribution in [0.5, 0.6) is 5.75 Å². The third-order valence-electron chi connectivity index (χ3n) is 7.76. The zero-order valence-electron chi connectivity index (χ0n) is 24.1. The number of halogens is 8. The van der Waals surface area contributed by atoms with E-state index in [0.717, 1.165) is 24.1 Å². The van der Waals surface area contributed by atoms with Gasteiger partial charge in [0.25, 0.3) is 5.91 Å². The Hall–Kier alpha value is -3.68. The van der Waals surface area contributed by atoms with Gasteiger partial charge in [0.05, 0.1) is 37.0 Å². The van der Waals surface area contributed by atoms with E-state index in [1.54, 1.807) is 12.1 Å². The zero-order valence-corrected chi connectivity index (χ0v) is 25.6. The molecule has 2 atom stereocenters. The molecule has 0 unspecified atom stereocenters. The molecule has 7 nitrogen and oxygen atoms in total. The highest BCUT2D eigenvalue weighted by Gasteiger charge is 2.46. The fourth-order valence-corrected chi connectivity index (χ4v) is 6.29. The highest BCUT2D eigenvalue weighted by atomic mass is 35.5. The summed E-state index contributed by atoms with van der Waals surface area (Å²) < 4.78 is 101. The van der Waals surface area contributed by atoms with Crippen molar-refractivity contribution in [1.82, 2.24) is 5.32 Å². The Balaban J connectivity index is 1.44. The largest absolute Gasteiger partial charge is 0.493 e. The molecular formula is C31H26Cl2F6N2O5. The van der Waals surface area contributed by atoms with Crippen molar-refractivity contribution in [2.24, 2.45) is 0 Å². The second-order valence-corrected chi connectivity index (χ2v) is 11.5. The number of nitrogens with zero attached hydrogens (tertiary/aromatic N) is 1. The fourth-order valence-electron chi connectivity index (χ4n) is 5.63. The van der Waals surface area contributed by atoms with Gasteiger partial charge >= 0.3 is 12.1 Å². The van der Waals surface area contributed by atoms with Crippen LogP contribution >= 0.6 is 23.2 Å². The van der Waals surface area contributed by atoms with E-state index in [1.165, 1.54) is 0 Å². The van der Waals surface area contributed by atoms with Crippen molar-refractivity contribution >= 4 is 40.8 Å². The first-order valence-corrected chi connectivity index (χ1v) is 14.8. The predicted octanol–water partition coefficient (Wildman–Crippen LogP) is 6.68. The molecule has 0 aromatic heterocycles. The van der Waals surface area contributed by atoms with Gasteiger partial charge in [-0.2, -0.15) is 13.2 Å². The number of nitrogens with one attached hydrogen (secondary N) is 1. The molecule has 246 valence electrons. The number of ether oxygens (including phenoxy) is 3. The summed E-state index contributed by atoms with van der Waals surface area (Å²) in [5.41, 5.74) is 0.482. The molecule has 1 saturated heterocycles. The molecule has 0 bridgehead atoms. The summed E-state index contributed by atoms with van der Waals surface area (Å²) in [6, 6.07) is 3.15. The topological polar surface area (TPSA) is 77.1 Å². The Morgan fingerprint density at radius 2 is 1.74 bits per heavy atom. The molecule has 2 heterocycles. The quantitative estimate of drug-likeness (QED) is 0.220. The van der Waals surface area contributed by atoms with Crippen molar-refractivity contribution in [3.05, 3.63) is 80.6 Å². The Bertz CT molecular complexity index is 1630. The summed E-state index contributed by atoms with van der Waals surface area (Å²) in [4.78, 5) is 26.7. The van der Waals surface area contributed by atoms with Crippen LogP contribution in [0.25, 0.3) is 11.1 Å². The Morgan fingerprint density at radius 1 is 1.07 bits per heavy atom. The van der Waals surface area contributed by atoms with E-state index >= 15 is 8.78 Å². The predicted molar refractivity (Wildman–Crippen MR) is 157 cm³/mol. The Morgan fingerprint density at radius 3 is 2.37 bits per heavy atom. The van der Waals surface area contributed by atoms with Crippen LogP contribution in [0.15, 0.2) is 36.4 Å². The number of carbonyl (C=O) groups is 2. The number of alkyl halides is 3. The minimum absolute atomic E-state index is 0.0476. The van der Waals surface area contributed by atoms with Crippen LogP contribution in [-0.4, -0.2) is 63.6 Å². The number of esters is 1. The van der Waals surface area contributed by atoms with E-state index in [2.05, 4.69) is 5.32 Å². The third kappa shape index (κ3) is 6.86. The number of anilines is 1. The SMILES string of the molecule is COC(=O)[C@H](Cc1ccc(-c2c(Cl)cc(F)cc2Cl)c2c1CCCO2)NC(=O)c1c(F)cc(N2CCOC[C@H]2C(F)(F)F)cc1F. The van der Waals surface area contributed by atoms with Gasteiger partial charge in [-0.3, -0.25) is 4.79 Å². The highest BCUT2D eigenvalue weighted by molar-refractivity contribution is 6.39. The number of methoxy groups -OCH3 is 1. The molecule has 3 aromatic carbocycles. The molecule has 1 fully saturated rings. The lowest BCUT2D eigenvalue weighted by Gasteiger charge is -2.38. The summed E-state index contributed by atoms with van der Waals surface area (Å²) in [6.07, 6.45) is -3.83. The van der Waals surface area contributed by atoms with Gasteiger partial charge in [-0.15, -0.1) is 0 Å². The first kappa shape index (κ1) is 33.7. The molecule has 0 spiro atoms. The molecule has 0 saturated carbocycles. The van der Waals surface area contributed by atoms with Crippen molar-refractivity contribution in [3.63, 3.8) is 0 Å². The molecule has 15 heteroatoms. The maximum atomic E-state index is 15.2. The standard InChI is InChI=1S/C31H26Cl2F6N2O5/c1-44-30(43)24(9-15-4-5-19(28-18(15)3-2-7-46-28)26-20(32)10-16(34)11-21(26)33)40-29(42)27-22(35)12-17(13-23(27)36)41-6-8-45-14-25(41)31(37,38)39/h4-5,10-13,24-25H,2-3,6-9,14H2,1H3,(H,40,42)/t24-,25-/m0/s1. The van der Waals surface area contributed by atoms with Crippen LogP contribution in [0.3, 0.4) is 0 Å². The molecule has 46 heavy (non-hydrogen) atoms. The maximum absolute atomic E-state index is 15.2. The fraction of sp³-hybridized carbons (Fsp3) is 0.355. The first-order valence-electron chi connectivity index (χ1n) is 14.0. The van der Waals surface area contributed by atoms with Gasteiger partial charge in [-0.1, -0.05) is 35.3 Å². The Labute approximate surface area is 269 Å². The molecular weight excluding hydrogens is 665 g/mol. The monoisotopic (exact) mass is 690 g/mol. The van der Waals surface area contributed by atoms with Crippen LogP contribution in [-0.2, 0) is 27.1 Å². The van der Waals surface area contributed by atoms with Crippen molar-refractivity contribution < 1.29 is 50.1 Å². The number of benzene rings is 3. The van der Waals surface area contributed by atoms with E-state index in [0.29, 0.717) is 59.6 Å². The van der Waals surface area contributed by atoms with Gasteiger partial charge in [-0.05, 0) is 48.2 Å². The minimum atomic E-state index is -4.74. The lowest BCUT2D eigenvalue weighted by molar-refractivity contribution is -0.167. The molecule has 0 radical (unpaired) electrons. The van der Waals surface area contributed by atoms with Gasteiger partial charge in [0, 0.05) is 29.8 Å². The van der Waals surface area contributed by atoms with Gasteiger partial charge in [0.2, 0.25) is 0 Å². The summed E-state index contributed by atoms with van der Waals surface area (Å²) >= 11 is 12.6. The molecule has 1 amide bonds. The second kappa shape index (κ2) is 13.6. The number of fused-ring (bicyclic) bond motifs is 1. The van der Waals surface area contributed by atoms with Gasteiger partial charge < -0.3 is 24.4 Å². The van der Waals surface area contributed by atoms with Gasteiger partial charge in [-0.25, -0.2) is 18.0 Å². The van der Waals surface area contributed by atoms with Crippen LogP contribution in [0, 0.1) is 17.5 Å². The van der Waals surface area contributed by atoms with Crippen LogP contribution in [0.4, 0.5) is 32.0 Å². The number of hydrogen-bond donors (Lipinski definition) is 1. The molecule has 1 N–H and O–H groups in total. The number of rotatable bonds is 7. The van der Waals surface area contributed by atoms with Crippen molar-refractivity contribution in [2.75, 3.05) is 38.4 Å². The average molecular weight is 691 g/mol. The smallest absolute Gasteiger partial charge is 0.411 e. The van der Waals surface area contributed by atoms with Crippen LogP contribution < -0.4 is 15.0 Å². The number of hydrogen-bond acceptors (Lipinski definition) is 6. The third-order valence-corrected chi connectivity index (χ3v) is 8.35. The second-order valence-electron chi connectivity index (χ2n) is 10.6. The summed E-state index contributed by atoms with van der Waals surface area (Å²) in [7, 11) is 1.07. The van der Waals surface area contributed by atoms with E-state index < -0.39 is 65.4 Å². The minimum Gasteiger partial charge on any atom is -0.493 e. The molecule has 2 aliphatic heterocycles. The molecule has 0 aliphatic carbocycles.